The van der Waals surface area contributed by atoms with E-state index in [-0.39, 0.29) is 12.2 Å². The van der Waals surface area contributed by atoms with Gasteiger partial charge in [-0.2, -0.15) is 0 Å². The lowest BCUT2D eigenvalue weighted by atomic mass is 10.1. The molecule has 0 spiro atoms. The maximum atomic E-state index is 6.08. The fraction of sp³-hybridized carbons (Fsp3) is 0.650. The van der Waals surface area contributed by atoms with Gasteiger partial charge >= 0.3 is 0 Å². The van der Waals surface area contributed by atoms with Crippen LogP contribution in [-0.2, 0) is 11.3 Å². The number of likely N-dealkylation sites (N-methyl/N-ethyl adjacent to an activating group) is 1. The second-order valence-electron chi connectivity index (χ2n) is 7.01. The van der Waals surface area contributed by atoms with E-state index in [1.807, 2.05) is 0 Å². The minimum atomic E-state index is 0.191. The van der Waals surface area contributed by atoms with Crippen LogP contribution in [0.2, 0.25) is 0 Å². The van der Waals surface area contributed by atoms with Crippen molar-refractivity contribution < 1.29 is 9.47 Å². The third-order valence-electron chi connectivity index (χ3n) is 4.63. The lowest BCUT2D eigenvalue weighted by Crippen LogP contribution is -2.48. The molecule has 2 atom stereocenters. The predicted molar refractivity (Wildman–Crippen MR) is 107 cm³/mol. The van der Waals surface area contributed by atoms with Crippen LogP contribution in [0.15, 0.2) is 23.2 Å². The molecule has 1 aliphatic heterocycles. The highest BCUT2D eigenvalue weighted by molar-refractivity contribution is 5.79. The van der Waals surface area contributed by atoms with Crippen molar-refractivity contribution in [2.45, 2.75) is 45.9 Å². The van der Waals surface area contributed by atoms with Crippen LogP contribution in [0.25, 0.3) is 0 Å². The number of morpholine rings is 1. The molecular weight excluding hydrogens is 328 g/mol. The summed E-state index contributed by atoms with van der Waals surface area (Å²) >= 11 is 0. The van der Waals surface area contributed by atoms with Gasteiger partial charge in [-0.1, -0.05) is 19.1 Å². The van der Waals surface area contributed by atoms with Gasteiger partial charge in [-0.15, -0.1) is 0 Å². The van der Waals surface area contributed by atoms with Crippen molar-refractivity contribution in [3.8, 4) is 5.75 Å². The number of aliphatic imine (C=N–C) groups is 1. The van der Waals surface area contributed by atoms with E-state index < -0.39 is 0 Å². The molecule has 1 aliphatic rings. The standard InChI is InChI=1S/C20H34N4O2/c1-6-16(3)26-19-11-15(2)7-8-17(19)12-22-20(21-4)23-13-18-14-24(5)9-10-25-18/h7-8,11,16,18H,6,9-10,12-14H2,1-5H3,(H2,21,22,23). The minimum Gasteiger partial charge on any atom is -0.490 e. The summed E-state index contributed by atoms with van der Waals surface area (Å²) in [5.41, 5.74) is 2.33. The molecule has 146 valence electrons. The largest absolute Gasteiger partial charge is 0.490 e. The summed E-state index contributed by atoms with van der Waals surface area (Å²) in [5, 5.41) is 6.74. The monoisotopic (exact) mass is 362 g/mol. The van der Waals surface area contributed by atoms with Crippen LogP contribution in [0.3, 0.4) is 0 Å². The van der Waals surface area contributed by atoms with Crippen LogP contribution < -0.4 is 15.4 Å². The number of guanidine groups is 1. The first kappa shape index (κ1) is 20.5. The van der Waals surface area contributed by atoms with Crippen molar-refractivity contribution in [3.05, 3.63) is 29.3 Å². The van der Waals surface area contributed by atoms with Crippen molar-refractivity contribution in [2.24, 2.45) is 4.99 Å². The normalized spacial score (nSPS) is 19.9. The van der Waals surface area contributed by atoms with Gasteiger partial charge in [0.1, 0.15) is 5.75 Å². The Morgan fingerprint density at radius 2 is 2.23 bits per heavy atom. The average molecular weight is 363 g/mol. The van der Waals surface area contributed by atoms with Crippen molar-refractivity contribution in [3.63, 3.8) is 0 Å². The van der Waals surface area contributed by atoms with Crippen molar-refractivity contribution in [1.29, 1.82) is 0 Å². The van der Waals surface area contributed by atoms with Gasteiger partial charge in [0.15, 0.2) is 5.96 Å². The number of nitrogens with zero attached hydrogens (tertiary/aromatic N) is 2. The Morgan fingerprint density at radius 1 is 1.42 bits per heavy atom. The summed E-state index contributed by atoms with van der Waals surface area (Å²) in [7, 11) is 3.91. The Hall–Kier alpha value is -1.79. The molecule has 1 heterocycles. The number of rotatable bonds is 7. The third kappa shape index (κ3) is 6.50. The molecule has 0 bridgehead atoms. The van der Waals surface area contributed by atoms with Gasteiger partial charge in [0.05, 0.1) is 18.8 Å². The van der Waals surface area contributed by atoms with Crippen LogP contribution in [0, 0.1) is 6.92 Å². The zero-order valence-electron chi connectivity index (χ0n) is 16.8. The zero-order valence-corrected chi connectivity index (χ0v) is 16.8. The molecule has 0 aromatic heterocycles. The smallest absolute Gasteiger partial charge is 0.191 e. The lowest BCUT2D eigenvalue weighted by Gasteiger charge is -2.30. The van der Waals surface area contributed by atoms with E-state index in [9.17, 15) is 0 Å². The molecule has 2 N–H and O–H groups in total. The molecule has 2 unspecified atom stereocenters. The highest BCUT2D eigenvalue weighted by Crippen LogP contribution is 2.22. The first-order chi connectivity index (χ1) is 12.5. The summed E-state index contributed by atoms with van der Waals surface area (Å²) in [6.45, 7) is 10.4. The molecule has 0 amide bonds. The molecule has 26 heavy (non-hydrogen) atoms. The van der Waals surface area contributed by atoms with Crippen LogP contribution >= 0.6 is 0 Å². The Kier molecular flexibility index (Phi) is 8.19. The highest BCUT2D eigenvalue weighted by atomic mass is 16.5. The summed E-state index contributed by atoms with van der Waals surface area (Å²) in [4.78, 5) is 6.60. The van der Waals surface area contributed by atoms with E-state index in [0.29, 0.717) is 6.54 Å². The third-order valence-corrected chi connectivity index (χ3v) is 4.63. The summed E-state index contributed by atoms with van der Waals surface area (Å²) in [6, 6.07) is 6.33. The molecule has 0 saturated carbocycles. The molecule has 1 aromatic rings. The molecule has 6 nitrogen and oxygen atoms in total. The fourth-order valence-electron chi connectivity index (χ4n) is 2.82. The Morgan fingerprint density at radius 3 is 2.92 bits per heavy atom. The SMILES string of the molecule is CCC(C)Oc1cc(C)ccc1CNC(=NC)NCC1CN(C)CCO1. The molecule has 2 rings (SSSR count). The predicted octanol–water partition coefficient (Wildman–Crippen LogP) is 2.17. The molecule has 1 aromatic carbocycles. The second-order valence-corrected chi connectivity index (χ2v) is 7.01. The number of hydrogen-bond donors (Lipinski definition) is 2. The first-order valence-electron chi connectivity index (χ1n) is 9.52. The van der Waals surface area contributed by atoms with E-state index >= 15 is 0 Å². The Labute approximate surface area is 158 Å². The summed E-state index contributed by atoms with van der Waals surface area (Å²) in [5.74, 6) is 1.72. The van der Waals surface area contributed by atoms with Crippen LogP contribution in [0.5, 0.6) is 5.75 Å². The molecule has 1 fully saturated rings. The van der Waals surface area contributed by atoms with Gasteiger partial charge in [-0.3, -0.25) is 4.99 Å². The van der Waals surface area contributed by atoms with Gasteiger partial charge < -0.3 is 25.0 Å². The van der Waals surface area contributed by atoms with E-state index in [1.54, 1.807) is 7.05 Å². The van der Waals surface area contributed by atoms with E-state index in [1.165, 1.54) is 5.56 Å². The van der Waals surface area contributed by atoms with Gasteiger partial charge in [-0.25, -0.2) is 0 Å². The van der Waals surface area contributed by atoms with Crippen molar-refractivity contribution in [2.75, 3.05) is 40.3 Å². The Bertz CT molecular complexity index is 591. The quantitative estimate of drug-likeness (QED) is 0.575. The van der Waals surface area contributed by atoms with Gasteiger partial charge in [0.25, 0.3) is 0 Å². The van der Waals surface area contributed by atoms with Crippen LogP contribution in [0.1, 0.15) is 31.4 Å². The van der Waals surface area contributed by atoms with Crippen molar-refractivity contribution in [1.82, 2.24) is 15.5 Å². The number of hydrogen-bond acceptors (Lipinski definition) is 4. The number of ether oxygens (including phenoxy) is 2. The number of benzene rings is 1. The summed E-state index contributed by atoms with van der Waals surface area (Å²) < 4.78 is 11.9. The van der Waals surface area contributed by atoms with E-state index in [0.717, 1.165) is 49.9 Å². The summed E-state index contributed by atoms with van der Waals surface area (Å²) in [6.07, 6.45) is 1.38. The topological polar surface area (TPSA) is 58.1 Å². The number of nitrogens with one attached hydrogen (secondary N) is 2. The van der Waals surface area contributed by atoms with Crippen LogP contribution in [-0.4, -0.2) is 63.4 Å². The van der Waals surface area contributed by atoms with Gasteiger partial charge in [0.2, 0.25) is 0 Å². The second kappa shape index (κ2) is 10.4. The minimum absolute atomic E-state index is 0.191. The fourth-order valence-corrected chi connectivity index (χ4v) is 2.82. The molecule has 6 heteroatoms. The van der Waals surface area contributed by atoms with E-state index in [4.69, 9.17) is 9.47 Å². The average Bonchev–Trinajstić information content (AvgIpc) is 2.63. The molecule has 0 radical (unpaired) electrons. The molecule has 1 saturated heterocycles. The highest BCUT2D eigenvalue weighted by Gasteiger charge is 2.17. The molecular formula is C20H34N4O2. The maximum absolute atomic E-state index is 6.08. The first-order valence-corrected chi connectivity index (χ1v) is 9.52. The Balaban J connectivity index is 1.89. The lowest BCUT2D eigenvalue weighted by molar-refractivity contribution is -0.0161. The molecule has 0 aliphatic carbocycles. The maximum Gasteiger partial charge on any atom is 0.191 e. The van der Waals surface area contributed by atoms with Crippen LogP contribution in [0.4, 0.5) is 0 Å². The van der Waals surface area contributed by atoms with Gasteiger partial charge in [0, 0.05) is 38.8 Å². The van der Waals surface area contributed by atoms with Crippen molar-refractivity contribution >= 4 is 5.96 Å². The zero-order chi connectivity index (χ0) is 18.9. The number of aryl methyl sites for hydroxylation is 1. The van der Waals surface area contributed by atoms with Gasteiger partial charge in [-0.05, 0) is 38.9 Å². The van der Waals surface area contributed by atoms with E-state index in [2.05, 4.69) is 66.5 Å².